The summed E-state index contributed by atoms with van der Waals surface area (Å²) in [5.41, 5.74) is 1.35. The molecular formula is C14H13NO2. The van der Waals surface area contributed by atoms with Crippen molar-refractivity contribution in [3.8, 4) is 0 Å². The van der Waals surface area contributed by atoms with Gasteiger partial charge in [-0.2, -0.15) is 0 Å². The second-order valence-corrected chi connectivity index (χ2v) is 3.48. The van der Waals surface area contributed by atoms with Crippen molar-refractivity contribution in [1.82, 2.24) is 0 Å². The van der Waals surface area contributed by atoms with E-state index in [0.717, 1.165) is 5.69 Å². The monoisotopic (exact) mass is 227 g/mol. The van der Waals surface area contributed by atoms with Crippen molar-refractivity contribution in [2.75, 3.05) is 12.0 Å². The summed E-state index contributed by atoms with van der Waals surface area (Å²) in [6.07, 6.45) is 11.5. The lowest BCUT2D eigenvalue weighted by Gasteiger charge is -2.17. The Morgan fingerprint density at radius 1 is 1.06 bits per heavy atom. The van der Waals surface area contributed by atoms with Gasteiger partial charge in [0, 0.05) is 12.4 Å². The summed E-state index contributed by atoms with van der Waals surface area (Å²) in [7, 11) is 1.38. The van der Waals surface area contributed by atoms with Crippen molar-refractivity contribution in [2.45, 2.75) is 0 Å². The molecule has 0 spiro atoms. The average Bonchev–Trinajstić information content (AvgIpc) is 2.66. The molecule has 0 radical (unpaired) electrons. The molecule has 1 aliphatic rings. The van der Waals surface area contributed by atoms with Crippen LogP contribution in [0.25, 0.3) is 0 Å². The van der Waals surface area contributed by atoms with Crippen LogP contribution in [0.3, 0.4) is 0 Å². The molecule has 1 aromatic carbocycles. The van der Waals surface area contributed by atoms with Crippen LogP contribution >= 0.6 is 0 Å². The molecule has 0 bridgehead atoms. The number of carbonyl (C=O) groups excluding carboxylic acids is 1. The highest BCUT2D eigenvalue weighted by atomic mass is 16.5. The van der Waals surface area contributed by atoms with Crippen LogP contribution in [0, 0.1) is 0 Å². The molecule has 86 valence electrons. The summed E-state index contributed by atoms with van der Waals surface area (Å²) < 4.78 is 4.77. The molecule has 3 heteroatoms. The summed E-state index contributed by atoms with van der Waals surface area (Å²) in [5.74, 6) is -0.334. The first-order valence-electron chi connectivity index (χ1n) is 5.30. The van der Waals surface area contributed by atoms with Gasteiger partial charge in [0.15, 0.2) is 0 Å². The van der Waals surface area contributed by atoms with E-state index in [1.165, 1.54) is 7.11 Å². The third kappa shape index (κ3) is 2.45. The molecule has 1 aliphatic heterocycles. The van der Waals surface area contributed by atoms with Gasteiger partial charge in [-0.25, -0.2) is 4.79 Å². The van der Waals surface area contributed by atoms with Crippen LogP contribution in [0.4, 0.5) is 5.69 Å². The molecule has 1 heterocycles. The quantitative estimate of drug-likeness (QED) is 0.727. The number of ether oxygens (including phenoxy) is 1. The smallest absolute Gasteiger partial charge is 0.339 e. The third-order valence-electron chi connectivity index (χ3n) is 2.41. The maximum Gasteiger partial charge on any atom is 0.339 e. The van der Waals surface area contributed by atoms with Crippen LogP contribution in [0.5, 0.6) is 0 Å². The third-order valence-corrected chi connectivity index (χ3v) is 2.41. The summed E-state index contributed by atoms with van der Waals surface area (Å²) in [6.45, 7) is 0. The molecular weight excluding hydrogens is 214 g/mol. The lowest BCUT2D eigenvalue weighted by Crippen LogP contribution is -2.12. The second-order valence-electron chi connectivity index (χ2n) is 3.48. The lowest BCUT2D eigenvalue weighted by molar-refractivity contribution is 0.0601. The number of benzene rings is 1. The number of esters is 1. The largest absolute Gasteiger partial charge is 0.465 e. The fourth-order valence-electron chi connectivity index (χ4n) is 1.60. The summed E-state index contributed by atoms with van der Waals surface area (Å²) >= 11 is 0. The SMILES string of the molecule is COC(=O)c1ccccc1N1C=CC=CC=C1. The van der Waals surface area contributed by atoms with E-state index in [0.29, 0.717) is 5.56 Å². The van der Waals surface area contributed by atoms with E-state index in [9.17, 15) is 4.79 Å². The van der Waals surface area contributed by atoms with Crippen LogP contribution in [0.15, 0.2) is 61.0 Å². The minimum atomic E-state index is -0.334. The van der Waals surface area contributed by atoms with Gasteiger partial charge in [0.1, 0.15) is 0 Å². The first-order chi connectivity index (χ1) is 8.33. The van der Waals surface area contributed by atoms with Crippen molar-refractivity contribution in [1.29, 1.82) is 0 Å². The van der Waals surface area contributed by atoms with Gasteiger partial charge in [-0.1, -0.05) is 24.3 Å². The van der Waals surface area contributed by atoms with Crippen molar-refractivity contribution >= 4 is 11.7 Å². The molecule has 0 N–H and O–H groups in total. The minimum absolute atomic E-state index is 0.334. The van der Waals surface area contributed by atoms with Crippen molar-refractivity contribution in [2.24, 2.45) is 0 Å². The van der Waals surface area contributed by atoms with Crippen LogP contribution < -0.4 is 4.90 Å². The molecule has 0 aliphatic carbocycles. The fraction of sp³-hybridized carbons (Fsp3) is 0.0714. The molecule has 0 saturated carbocycles. The molecule has 0 amide bonds. The van der Waals surface area contributed by atoms with E-state index in [1.54, 1.807) is 6.07 Å². The van der Waals surface area contributed by atoms with Gasteiger partial charge in [0.25, 0.3) is 0 Å². The van der Waals surface area contributed by atoms with Crippen LogP contribution in [-0.4, -0.2) is 13.1 Å². The first-order valence-corrected chi connectivity index (χ1v) is 5.30. The van der Waals surface area contributed by atoms with Crippen molar-refractivity contribution < 1.29 is 9.53 Å². The number of anilines is 1. The number of para-hydroxylation sites is 1. The van der Waals surface area contributed by atoms with Gasteiger partial charge >= 0.3 is 5.97 Å². The summed E-state index contributed by atoms with van der Waals surface area (Å²) in [6, 6.07) is 7.34. The summed E-state index contributed by atoms with van der Waals surface area (Å²) in [5, 5.41) is 0. The molecule has 0 atom stereocenters. The number of hydrogen-bond acceptors (Lipinski definition) is 3. The molecule has 3 nitrogen and oxygen atoms in total. The first kappa shape index (κ1) is 11.2. The Labute approximate surface area is 100 Å². The number of carbonyl (C=O) groups is 1. The maximum absolute atomic E-state index is 11.7. The van der Waals surface area contributed by atoms with E-state index >= 15 is 0 Å². The molecule has 17 heavy (non-hydrogen) atoms. The lowest BCUT2D eigenvalue weighted by atomic mass is 10.1. The standard InChI is InChI=1S/C14H13NO2/c1-17-14(16)12-8-4-5-9-13(12)15-10-6-2-3-7-11-15/h2-11H,1H3. The zero-order valence-corrected chi connectivity index (χ0v) is 9.54. The fourth-order valence-corrected chi connectivity index (χ4v) is 1.60. The predicted molar refractivity (Wildman–Crippen MR) is 67.7 cm³/mol. The highest BCUT2D eigenvalue weighted by Crippen LogP contribution is 2.22. The maximum atomic E-state index is 11.7. The van der Waals surface area contributed by atoms with Crippen LogP contribution in [0.2, 0.25) is 0 Å². The predicted octanol–water partition coefficient (Wildman–Crippen LogP) is 2.88. The normalized spacial score (nSPS) is 13.6. The second kappa shape index (κ2) is 5.16. The number of hydrogen-bond donors (Lipinski definition) is 0. The Balaban J connectivity index is 2.41. The average molecular weight is 227 g/mol. The van der Waals surface area contributed by atoms with Crippen LogP contribution in [0.1, 0.15) is 10.4 Å². The van der Waals surface area contributed by atoms with Gasteiger partial charge < -0.3 is 9.64 Å². The highest BCUT2D eigenvalue weighted by Gasteiger charge is 2.13. The Morgan fingerprint density at radius 2 is 1.71 bits per heavy atom. The van der Waals surface area contributed by atoms with Crippen LogP contribution in [-0.2, 0) is 4.74 Å². The minimum Gasteiger partial charge on any atom is -0.465 e. The van der Waals surface area contributed by atoms with Gasteiger partial charge in [-0.15, -0.1) is 0 Å². The van der Waals surface area contributed by atoms with E-state index in [1.807, 2.05) is 59.8 Å². The highest BCUT2D eigenvalue weighted by molar-refractivity contribution is 5.96. The Morgan fingerprint density at radius 3 is 2.35 bits per heavy atom. The Kier molecular flexibility index (Phi) is 3.40. The van der Waals surface area contributed by atoms with E-state index in [4.69, 9.17) is 4.74 Å². The molecule has 2 rings (SSSR count). The van der Waals surface area contributed by atoms with E-state index in [2.05, 4.69) is 0 Å². The van der Waals surface area contributed by atoms with Crippen molar-refractivity contribution in [3.63, 3.8) is 0 Å². The van der Waals surface area contributed by atoms with E-state index < -0.39 is 0 Å². The summed E-state index contributed by atoms with van der Waals surface area (Å²) in [4.78, 5) is 13.5. The Bertz CT molecular complexity index is 485. The van der Waals surface area contributed by atoms with Gasteiger partial charge in [0.2, 0.25) is 0 Å². The zero-order chi connectivity index (χ0) is 12.1. The molecule has 1 aromatic rings. The molecule has 0 unspecified atom stereocenters. The number of methoxy groups -OCH3 is 1. The van der Waals surface area contributed by atoms with Crippen molar-refractivity contribution in [3.05, 3.63) is 66.5 Å². The number of allylic oxidation sites excluding steroid dienone is 4. The number of rotatable bonds is 2. The molecule has 0 fully saturated rings. The molecule has 0 aromatic heterocycles. The van der Waals surface area contributed by atoms with Gasteiger partial charge in [-0.05, 0) is 24.3 Å². The topological polar surface area (TPSA) is 29.5 Å². The zero-order valence-electron chi connectivity index (χ0n) is 9.54. The van der Waals surface area contributed by atoms with E-state index in [-0.39, 0.29) is 5.97 Å². The molecule has 0 saturated heterocycles. The van der Waals surface area contributed by atoms with Gasteiger partial charge in [0.05, 0.1) is 18.4 Å². The Hall–Kier alpha value is -2.29. The van der Waals surface area contributed by atoms with Gasteiger partial charge in [-0.3, -0.25) is 0 Å². The number of nitrogens with zero attached hydrogens (tertiary/aromatic N) is 1.